The van der Waals surface area contributed by atoms with E-state index in [0.29, 0.717) is 5.92 Å². The van der Waals surface area contributed by atoms with Crippen LogP contribution in [0.1, 0.15) is 33.1 Å². The summed E-state index contributed by atoms with van der Waals surface area (Å²) in [6, 6.07) is 0. The lowest BCUT2D eigenvalue weighted by Gasteiger charge is -2.47. The summed E-state index contributed by atoms with van der Waals surface area (Å²) in [7, 11) is 3.25. The molecular formula is C19H32O5. The average molecular weight is 340 g/mol. The van der Waals surface area contributed by atoms with Crippen LogP contribution in [0, 0.1) is 17.3 Å². The summed E-state index contributed by atoms with van der Waals surface area (Å²) in [6.45, 7) is 9.04. The molecule has 0 amide bonds. The maximum atomic E-state index is 9.43. The maximum Gasteiger partial charge on any atom is 0.147 e. The fourth-order valence-electron chi connectivity index (χ4n) is 4.47. The summed E-state index contributed by atoms with van der Waals surface area (Å²) in [4.78, 5) is 0. The van der Waals surface area contributed by atoms with Crippen LogP contribution in [0.3, 0.4) is 0 Å². The molecule has 138 valence electrons. The lowest BCUT2D eigenvalue weighted by molar-refractivity contribution is -0.174. The molecular weight excluding hydrogens is 308 g/mol. The van der Waals surface area contributed by atoms with Gasteiger partial charge in [0, 0.05) is 14.2 Å². The molecule has 1 spiro atoms. The van der Waals surface area contributed by atoms with E-state index in [1.165, 1.54) is 5.57 Å². The zero-order chi connectivity index (χ0) is 17.7. The zero-order valence-electron chi connectivity index (χ0n) is 15.4. The van der Waals surface area contributed by atoms with Crippen LogP contribution in [0.2, 0.25) is 0 Å². The van der Waals surface area contributed by atoms with Crippen molar-refractivity contribution < 1.29 is 24.1 Å². The van der Waals surface area contributed by atoms with E-state index in [2.05, 4.69) is 26.5 Å². The molecule has 24 heavy (non-hydrogen) atoms. The predicted molar refractivity (Wildman–Crippen MR) is 92.4 cm³/mol. The fourth-order valence-corrected chi connectivity index (χ4v) is 4.47. The monoisotopic (exact) mass is 340 g/mol. The Kier molecular flexibility index (Phi) is 7.01. The summed E-state index contributed by atoms with van der Waals surface area (Å²) in [5.41, 5.74) is 2.37. The van der Waals surface area contributed by atoms with E-state index >= 15 is 0 Å². The van der Waals surface area contributed by atoms with E-state index in [-0.39, 0.29) is 43.7 Å². The summed E-state index contributed by atoms with van der Waals surface area (Å²) in [6.07, 6.45) is 5.13. The first-order valence-electron chi connectivity index (χ1n) is 8.68. The minimum atomic E-state index is -0.138. The molecule has 2 aliphatic carbocycles. The second-order valence-corrected chi connectivity index (χ2v) is 7.13. The second kappa shape index (κ2) is 8.59. The van der Waals surface area contributed by atoms with Crippen molar-refractivity contribution in [1.82, 2.24) is 0 Å². The van der Waals surface area contributed by atoms with Gasteiger partial charge < -0.3 is 24.1 Å². The van der Waals surface area contributed by atoms with Gasteiger partial charge in [0.25, 0.3) is 0 Å². The molecule has 0 radical (unpaired) electrons. The number of aliphatic hydroxyl groups is 1. The van der Waals surface area contributed by atoms with E-state index in [9.17, 15) is 5.11 Å². The molecule has 0 bridgehead atoms. The van der Waals surface area contributed by atoms with E-state index in [1.807, 2.05) is 0 Å². The molecule has 2 aliphatic rings. The molecule has 5 atom stereocenters. The number of aliphatic hydroxyl groups excluding tert-OH is 1. The van der Waals surface area contributed by atoms with Crippen LogP contribution in [0.15, 0.2) is 23.8 Å². The van der Waals surface area contributed by atoms with Gasteiger partial charge in [-0.05, 0) is 49.0 Å². The smallest absolute Gasteiger partial charge is 0.147 e. The number of methoxy groups -OCH3 is 2. The van der Waals surface area contributed by atoms with Crippen molar-refractivity contribution in [3.63, 3.8) is 0 Å². The van der Waals surface area contributed by atoms with Gasteiger partial charge in [0.05, 0.1) is 12.7 Å². The standard InChI is InChI=1S/C19H32O5/c1-13(10-20)16-6-7-19(9-16)14(2)8-17(23-11-21-4)18(15(19)3)24-12-22-5/h8,15-18,20H,1,6-7,9-12H2,2-5H3/t15-,16-,17-,18-,19-/m1/s1. The van der Waals surface area contributed by atoms with Crippen molar-refractivity contribution in [3.8, 4) is 0 Å². The summed E-state index contributed by atoms with van der Waals surface area (Å²) in [5, 5.41) is 9.43. The van der Waals surface area contributed by atoms with Gasteiger partial charge in [-0.2, -0.15) is 0 Å². The van der Waals surface area contributed by atoms with Gasteiger partial charge in [-0.25, -0.2) is 0 Å². The molecule has 0 saturated heterocycles. The lowest BCUT2D eigenvalue weighted by atomic mass is 9.62. The molecule has 0 unspecified atom stereocenters. The molecule has 5 nitrogen and oxygen atoms in total. The third-order valence-electron chi connectivity index (χ3n) is 5.97. The number of allylic oxidation sites excluding steroid dienone is 1. The summed E-state index contributed by atoms with van der Waals surface area (Å²) in [5.74, 6) is 0.663. The Morgan fingerprint density at radius 2 is 1.96 bits per heavy atom. The van der Waals surface area contributed by atoms with Crippen molar-refractivity contribution >= 4 is 0 Å². The van der Waals surface area contributed by atoms with E-state index in [1.54, 1.807) is 14.2 Å². The molecule has 0 aromatic heterocycles. The first kappa shape index (κ1) is 19.6. The molecule has 0 aromatic carbocycles. The van der Waals surface area contributed by atoms with Crippen molar-refractivity contribution in [3.05, 3.63) is 23.8 Å². The lowest BCUT2D eigenvalue weighted by Crippen LogP contribution is -2.48. The highest BCUT2D eigenvalue weighted by molar-refractivity contribution is 5.26. The first-order chi connectivity index (χ1) is 11.5. The van der Waals surface area contributed by atoms with Gasteiger partial charge >= 0.3 is 0 Å². The van der Waals surface area contributed by atoms with Crippen molar-refractivity contribution in [2.24, 2.45) is 17.3 Å². The highest BCUT2D eigenvalue weighted by Crippen LogP contribution is 2.57. The van der Waals surface area contributed by atoms with Crippen LogP contribution in [0.5, 0.6) is 0 Å². The van der Waals surface area contributed by atoms with Gasteiger partial charge in [-0.1, -0.05) is 25.2 Å². The highest BCUT2D eigenvalue weighted by Gasteiger charge is 2.51. The van der Waals surface area contributed by atoms with Gasteiger partial charge in [0.15, 0.2) is 0 Å². The Morgan fingerprint density at radius 1 is 1.29 bits per heavy atom. The molecule has 1 saturated carbocycles. The van der Waals surface area contributed by atoms with Gasteiger partial charge in [0.2, 0.25) is 0 Å². The molecule has 0 heterocycles. The van der Waals surface area contributed by atoms with Crippen LogP contribution in [-0.2, 0) is 18.9 Å². The Morgan fingerprint density at radius 3 is 2.58 bits per heavy atom. The number of ether oxygens (including phenoxy) is 4. The Labute approximate surface area is 145 Å². The molecule has 2 rings (SSSR count). The Bertz CT molecular complexity index is 461. The first-order valence-corrected chi connectivity index (χ1v) is 8.68. The zero-order valence-corrected chi connectivity index (χ0v) is 15.4. The van der Waals surface area contributed by atoms with Gasteiger partial charge in [-0.3, -0.25) is 0 Å². The van der Waals surface area contributed by atoms with Crippen LogP contribution < -0.4 is 0 Å². The molecule has 5 heteroatoms. The van der Waals surface area contributed by atoms with Crippen molar-refractivity contribution in [2.45, 2.75) is 45.3 Å². The summed E-state index contributed by atoms with van der Waals surface area (Å²) >= 11 is 0. The largest absolute Gasteiger partial charge is 0.392 e. The van der Waals surface area contributed by atoms with E-state index < -0.39 is 0 Å². The Balaban J connectivity index is 2.24. The fraction of sp³-hybridized carbons (Fsp3) is 0.789. The SMILES string of the molecule is C=C(CO)[C@@H]1CC[C@@]2(C1)C(C)=C[C@@H](OCOC)[C@H](OCOC)[C@H]2C. The van der Waals surface area contributed by atoms with Gasteiger partial charge in [-0.15, -0.1) is 0 Å². The number of hydrogen-bond donors (Lipinski definition) is 1. The average Bonchev–Trinajstić information content (AvgIpc) is 3.03. The van der Waals surface area contributed by atoms with Crippen LogP contribution in [0.25, 0.3) is 0 Å². The van der Waals surface area contributed by atoms with Crippen LogP contribution >= 0.6 is 0 Å². The quantitative estimate of drug-likeness (QED) is 0.544. The third-order valence-corrected chi connectivity index (χ3v) is 5.97. The minimum Gasteiger partial charge on any atom is -0.392 e. The maximum absolute atomic E-state index is 9.43. The summed E-state index contributed by atoms with van der Waals surface area (Å²) < 4.78 is 22.0. The van der Waals surface area contributed by atoms with E-state index in [0.717, 1.165) is 24.8 Å². The predicted octanol–water partition coefficient (Wildman–Crippen LogP) is 2.90. The van der Waals surface area contributed by atoms with Gasteiger partial charge in [0.1, 0.15) is 19.7 Å². The van der Waals surface area contributed by atoms with Crippen molar-refractivity contribution in [2.75, 3.05) is 34.4 Å². The highest BCUT2D eigenvalue weighted by atomic mass is 16.7. The number of rotatable bonds is 8. The molecule has 1 fully saturated rings. The molecule has 0 aliphatic heterocycles. The normalized spacial score (nSPS) is 36.1. The van der Waals surface area contributed by atoms with Crippen molar-refractivity contribution in [1.29, 1.82) is 0 Å². The van der Waals surface area contributed by atoms with Crippen LogP contribution in [0.4, 0.5) is 0 Å². The van der Waals surface area contributed by atoms with E-state index in [4.69, 9.17) is 18.9 Å². The Hall–Kier alpha value is -0.720. The topological polar surface area (TPSA) is 57.2 Å². The second-order valence-electron chi connectivity index (χ2n) is 7.13. The minimum absolute atomic E-state index is 0.0705. The number of hydrogen-bond acceptors (Lipinski definition) is 5. The molecule has 1 N–H and O–H groups in total. The third kappa shape index (κ3) is 3.75. The van der Waals surface area contributed by atoms with Crippen LogP contribution in [-0.4, -0.2) is 51.7 Å². The molecule has 0 aromatic rings.